The molecule has 0 aliphatic carbocycles. The SMILES string of the molecule is O=C1NCCCN(C(=O)CCc2n[nH]c(=O)[nH]2)CCOc2cccc(c2)[C@H]2CN(C(=O)c3ccc4ncccc4c3)C[C@H]12.O=CO. The second-order valence-corrected chi connectivity index (χ2v) is 11.0. The van der Waals surface area contributed by atoms with Gasteiger partial charge in [-0.2, -0.15) is 5.10 Å². The lowest BCUT2D eigenvalue weighted by Gasteiger charge is -2.24. The molecule has 0 unspecified atom stereocenters. The summed E-state index contributed by atoms with van der Waals surface area (Å²) in [5, 5.41) is 17.0. The fourth-order valence-corrected chi connectivity index (χ4v) is 5.85. The van der Waals surface area contributed by atoms with Gasteiger partial charge in [0, 0.05) is 62.1 Å². The molecule has 0 saturated carbocycles. The molecule has 240 valence electrons. The highest BCUT2D eigenvalue weighted by atomic mass is 16.5. The van der Waals surface area contributed by atoms with E-state index in [0.717, 1.165) is 16.5 Å². The molecule has 1 fully saturated rings. The first-order chi connectivity index (χ1) is 22.4. The Labute approximate surface area is 263 Å². The van der Waals surface area contributed by atoms with Crippen molar-refractivity contribution in [2.75, 3.05) is 39.3 Å². The summed E-state index contributed by atoms with van der Waals surface area (Å²) in [5.41, 5.74) is 1.90. The van der Waals surface area contributed by atoms with Crippen LogP contribution in [-0.2, 0) is 20.8 Å². The van der Waals surface area contributed by atoms with Crippen molar-refractivity contribution in [3.63, 3.8) is 0 Å². The minimum absolute atomic E-state index is 0.0888. The molecule has 4 heterocycles. The van der Waals surface area contributed by atoms with Gasteiger partial charge in [-0.05, 0) is 48.4 Å². The van der Waals surface area contributed by atoms with E-state index in [9.17, 15) is 19.2 Å². The Hall–Kier alpha value is -5.53. The smallest absolute Gasteiger partial charge is 0.340 e. The first-order valence-electron chi connectivity index (χ1n) is 15.0. The van der Waals surface area contributed by atoms with Gasteiger partial charge in [-0.25, -0.2) is 9.89 Å². The van der Waals surface area contributed by atoms with Gasteiger partial charge in [0.1, 0.15) is 18.2 Å². The number of pyridine rings is 1. The van der Waals surface area contributed by atoms with E-state index in [2.05, 4.69) is 25.5 Å². The molecule has 1 saturated heterocycles. The maximum Gasteiger partial charge on any atom is 0.340 e. The summed E-state index contributed by atoms with van der Waals surface area (Å²) < 4.78 is 6.05. The van der Waals surface area contributed by atoms with Crippen LogP contribution in [0.5, 0.6) is 5.75 Å². The van der Waals surface area contributed by atoms with Crippen LogP contribution >= 0.6 is 0 Å². The van der Waals surface area contributed by atoms with Gasteiger partial charge in [0.15, 0.2) is 0 Å². The van der Waals surface area contributed by atoms with Crippen molar-refractivity contribution in [3.05, 3.63) is 88.2 Å². The Morgan fingerprint density at radius 2 is 1.85 bits per heavy atom. The van der Waals surface area contributed by atoms with E-state index >= 15 is 0 Å². The minimum atomic E-state index is -0.432. The van der Waals surface area contributed by atoms with Gasteiger partial charge in [-0.1, -0.05) is 18.2 Å². The van der Waals surface area contributed by atoms with E-state index in [-0.39, 0.29) is 36.5 Å². The van der Waals surface area contributed by atoms with E-state index in [4.69, 9.17) is 14.6 Å². The summed E-state index contributed by atoms with van der Waals surface area (Å²) in [7, 11) is 0. The van der Waals surface area contributed by atoms with Crippen molar-refractivity contribution in [3.8, 4) is 5.75 Å². The molecule has 0 radical (unpaired) electrons. The quantitative estimate of drug-likeness (QED) is 0.243. The molecule has 14 nitrogen and oxygen atoms in total. The summed E-state index contributed by atoms with van der Waals surface area (Å²) in [5.74, 6) is 0.117. The van der Waals surface area contributed by atoms with Crippen LogP contribution in [0.4, 0.5) is 0 Å². The van der Waals surface area contributed by atoms with Crippen LogP contribution in [0.1, 0.15) is 40.5 Å². The average molecular weight is 630 g/mol. The average Bonchev–Trinajstić information content (AvgIpc) is 3.71. The molecule has 2 aromatic heterocycles. The van der Waals surface area contributed by atoms with E-state index in [0.29, 0.717) is 69.3 Å². The number of aryl methyl sites for hydroxylation is 1. The molecule has 2 aliphatic rings. The maximum atomic E-state index is 13.6. The second kappa shape index (κ2) is 15.0. The number of carbonyl (C=O) groups is 4. The lowest BCUT2D eigenvalue weighted by Crippen LogP contribution is -2.39. The van der Waals surface area contributed by atoms with E-state index in [1.165, 1.54) is 0 Å². The van der Waals surface area contributed by atoms with Gasteiger partial charge < -0.3 is 25.0 Å². The number of ether oxygens (including phenoxy) is 1. The Kier molecular flexibility index (Phi) is 10.4. The zero-order chi connectivity index (χ0) is 32.5. The minimum Gasteiger partial charge on any atom is -0.492 e. The first-order valence-corrected chi connectivity index (χ1v) is 15.0. The number of hydrogen-bond acceptors (Lipinski definition) is 8. The van der Waals surface area contributed by atoms with Crippen LogP contribution < -0.4 is 15.7 Å². The number of likely N-dealkylation sites (tertiary alicyclic amines) is 1. The first kappa shape index (κ1) is 31.9. The van der Waals surface area contributed by atoms with E-state index in [1.54, 1.807) is 22.1 Å². The highest BCUT2D eigenvalue weighted by Gasteiger charge is 2.40. The number of carboxylic acid groups (broad SMARTS) is 1. The van der Waals surface area contributed by atoms with Gasteiger partial charge in [-0.15, -0.1) is 0 Å². The van der Waals surface area contributed by atoms with Crippen LogP contribution in [0.3, 0.4) is 0 Å². The monoisotopic (exact) mass is 629 g/mol. The molecule has 2 aromatic carbocycles. The number of benzene rings is 2. The molecule has 2 bridgehead atoms. The van der Waals surface area contributed by atoms with Gasteiger partial charge >= 0.3 is 5.69 Å². The summed E-state index contributed by atoms with van der Waals surface area (Å²) >= 11 is 0. The van der Waals surface area contributed by atoms with Gasteiger partial charge in [-0.3, -0.25) is 29.1 Å². The third kappa shape index (κ3) is 7.75. The number of nitrogens with one attached hydrogen (secondary N) is 3. The molecule has 3 amide bonds. The molecule has 14 heteroatoms. The zero-order valence-corrected chi connectivity index (χ0v) is 25.1. The van der Waals surface area contributed by atoms with Crippen LogP contribution in [0.15, 0.2) is 65.6 Å². The molecular weight excluding hydrogens is 594 g/mol. The molecule has 4 aromatic rings. The lowest BCUT2D eigenvalue weighted by molar-refractivity contribution is -0.131. The number of hydrogen-bond donors (Lipinski definition) is 4. The van der Waals surface area contributed by atoms with Gasteiger partial charge in [0.2, 0.25) is 11.8 Å². The van der Waals surface area contributed by atoms with Crippen LogP contribution in [0.2, 0.25) is 0 Å². The number of amides is 3. The molecule has 46 heavy (non-hydrogen) atoms. The van der Waals surface area contributed by atoms with Crippen LogP contribution in [0, 0.1) is 5.92 Å². The van der Waals surface area contributed by atoms with Gasteiger partial charge in [0.05, 0.1) is 18.0 Å². The van der Waals surface area contributed by atoms with Crippen molar-refractivity contribution in [1.29, 1.82) is 0 Å². The number of nitrogens with zero attached hydrogens (tertiary/aromatic N) is 4. The van der Waals surface area contributed by atoms with Crippen molar-refractivity contribution < 1.29 is 29.0 Å². The van der Waals surface area contributed by atoms with E-state index in [1.807, 2.05) is 48.5 Å². The zero-order valence-electron chi connectivity index (χ0n) is 25.1. The predicted molar refractivity (Wildman–Crippen MR) is 166 cm³/mol. The van der Waals surface area contributed by atoms with Crippen molar-refractivity contribution in [1.82, 2.24) is 35.3 Å². The van der Waals surface area contributed by atoms with E-state index < -0.39 is 11.6 Å². The lowest BCUT2D eigenvalue weighted by atomic mass is 9.88. The summed E-state index contributed by atoms with van der Waals surface area (Å²) in [6.07, 6.45) is 2.78. The molecule has 6 rings (SSSR count). The molecule has 0 spiro atoms. The summed E-state index contributed by atoms with van der Waals surface area (Å²) in [6, 6.07) is 16.9. The number of aromatic amines is 2. The highest BCUT2D eigenvalue weighted by molar-refractivity contribution is 5.98. The fourth-order valence-electron chi connectivity index (χ4n) is 5.85. The third-order valence-electron chi connectivity index (χ3n) is 8.09. The number of aromatic nitrogens is 4. The number of fused-ring (bicyclic) bond motifs is 5. The molecule has 2 atom stereocenters. The normalized spacial score (nSPS) is 18.3. The van der Waals surface area contributed by atoms with Gasteiger partial charge in [0.25, 0.3) is 12.4 Å². The predicted octanol–water partition coefficient (Wildman–Crippen LogP) is 1.56. The molecule has 4 N–H and O–H groups in total. The van der Waals surface area contributed by atoms with Crippen molar-refractivity contribution in [2.45, 2.75) is 25.2 Å². The number of carbonyl (C=O) groups excluding carboxylic acids is 3. The second-order valence-electron chi connectivity index (χ2n) is 11.0. The standard InChI is InChI=1S/C31H33N7O5.CH2O2/c39-28(10-9-27-34-31(42)36-35-27)37-13-3-12-33-29(40)25-19-38(18-24(25)20-4-1-6-23(17-20)43-15-14-37)30(41)22-7-8-26-21(16-22)5-2-11-32-26;2-1-3/h1-2,4-8,11,16-17,24-25H,3,9-10,12-15,18-19H2,(H,33,40)(H2,34,35,36,42);1H,(H,2,3)/t24-,25+;/m1./s1. The largest absolute Gasteiger partial charge is 0.492 e. The topological polar surface area (TPSA) is 191 Å². The Balaban J connectivity index is 0.00000134. The molecular formula is C32H35N7O7. The molecule has 2 aliphatic heterocycles. The van der Waals surface area contributed by atoms with Crippen molar-refractivity contribution in [2.24, 2.45) is 5.92 Å². The fraction of sp³-hybridized carbons (Fsp3) is 0.344. The van der Waals surface area contributed by atoms with Crippen molar-refractivity contribution >= 4 is 35.1 Å². The van der Waals surface area contributed by atoms with Crippen LogP contribution in [0.25, 0.3) is 10.9 Å². The maximum absolute atomic E-state index is 13.6. The number of rotatable bonds is 4. The van der Waals surface area contributed by atoms with Crippen LogP contribution in [-0.4, -0.2) is 98.6 Å². The number of H-pyrrole nitrogens is 2. The Morgan fingerprint density at radius 3 is 2.65 bits per heavy atom. The third-order valence-corrected chi connectivity index (χ3v) is 8.09. The summed E-state index contributed by atoms with van der Waals surface area (Å²) in [4.78, 5) is 70.1. The Bertz CT molecular complexity index is 1750. The highest BCUT2D eigenvalue weighted by Crippen LogP contribution is 2.35. The Morgan fingerprint density at radius 1 is 1.02 bits per heavy atom. The summed E-state index contributed by atoms with van der Waals surface area (Å²) in [6.45, 7) is 1.97.